The number of ether oxygens (including phenoxy) is 1. The van der Waals surface area contributed by atoms with Crippen molar-refractivity contribution in [3.63, 3.8) is 0 Å². The van der Waals surface area contributed by atoms with Crippen LogP contribution >= 0.6 is 11.6 Å². The zero-order valence-corrected chi connectivity index (χ0v) is 15.9. The highest BCUT2D eigenvalue weighted by Crippen LogP contribution is 2.14. The van der Waals surface area contributed by atoms with E-state index in [9.17, 15) is 4.79 Å². The molecule has 0 saturated heterocycles. The Labute approximate surface area is 162 Å². The molecule has 1 aromatic carbocycles. The third-order valence-corrected chi connectivity index (χ3v) is 4.25. The zero-order chi connectivity index (χ0) is 19.2. The number of hydrogen-bond donors (Lipinski definition) is 1. The Bertz CT molecular complexity index is 907. The first-order valence-corrected chi connectivity index (χ1v) is 9.00. The second kappa shape index (κ2) is 8.64. The van der Waals surface area contributed by atoms with Gasteiger partial charge in [-0.05, 0) is 44.0 Å². The summed E-state index contributed by atoms with van der Waals surface area (Å²) in [5, 5.41) is 15.9. The molecule has 140 valence electrons. The van der Waals surface area contributed by atoms with E-state index in [-0.39, 0.29) is 5.91 Å². The molecule has 0 aliphatic heterocycles. The number of nitrogens with one attached hydrogen (secondary N) is 1. The number of hydrogen-bond acceptors (Lipinski definition) is 5. The van der Waals surface area contributed by atoms with Crippen molar-refractivity contribution >= 4 is 17.5 Å². The smallest absolute Gasteiger partial charge is 0.254 e. The van der Waals surface area contributed by atoms with Crippen molar-refractivity contribution in [1.29, 1.82) is 0 Å². The van der Waals surface area contributed by atoms with Gasteiger partial charge in [-0.25, -0.2) is 4.68 Å². The molecule has 2 heterocycles. The maximum atomic E-state index is 12.5. The van der Waals surface area contributed by atoms with Gasteiger partial charge >= 0.3 is 0 Å². The van der Waals surface area contributed by atoms with Gasteiger partial charge in [-0.2, -0.15) is 5.10 Å². The maximum absolute atomic E-state index is 12.5. The van der Waals surface area contributed by atoms with Crippen LogP contribution in [0.3, 0.4) is 0 Å². The van der Waals surface area contributed by atoms with Gasteiger partial charge in [0.15, 0.2) is 5.82 Å². The van der Waals surface area contributed by atoms with Crippen LogP contribution in [0.1, 0.15) is 28.5 Å². The molecule has 2 aromatic heterocycles. The molecule has 3 aromatic rings. The van der Waals surface area contributed by atoms with Crippen LogP contribution in [0.25, 0.3) is 5.82 Å². The molecule has 0 spiro atoms. The highest BCUT2D eigenvalue weighted by Gasteiger charge is 2.15. The van der Waals surface area contributed by atoms with Crippen LogP contribution in [0, 0.1) is 6.92 Å². The minimum absolute atomic E-state index is 0.174. The number of amides is 1. The molecular formula is C19H20ClN5O2. The van der Waals surface area contributed by atoms with Gasteiger partial charge in [-0.15, -0.1) is 10.2 Å². The molecule has 0 saturated carbocycles. The summed E-state index contributed by atoms with van der Waals surface area (Å²) in [6.07, 6.45) is 2.26. The predicted molar refractivity (Wildman–Crippen MR) is 103 cm³/mol. The Balaban J connectivity index is 1.63. The number of rotatable bonds is 7. The minimum atomic E-state index is -0.174. The van der Waals surface area contributed by atoms with Gasteiger partial charge in [0.2, 0.25) is 5.88 Å². The Hall–Kier alpha value is -2.93. The van der Waals surface area contributed by atoms with Crippen LogP contribution in [0.5, 0.6) is 5.88 Å². The van der Waals surface area contributed by atoms with E-state index in [0.717, 1.165) is 12.0 Å². The molecule has 1 N–H and O–H groups in total. The maximum Gasteiger partial charge on any atom is 0.254 e. The topological polar surface area (TPSA) is 81.9 Å². The quantitative estimate of drug-likeness (QED) is 0.676. The van der Waals surface area contributed by atoms with Gasteiger partial charge in [-0.3, -0.25) is 4.79 Å². The van der Waals surface area contributed by atoms with Crippen molar-refractivity contribution in [3.05, 3.63) is 64.4 Å². The van der Waals surface area contributed by atoms with E-state index in [1.54, 1.807) is 16.8 Å². The molecule has 0 bridgehead atoms. The number of nitrogens with zero attached hydrogens (tertiary/aromatic N) is 4. The van der Waals surface area contributed by atoms with Crippen LogP contribution in [-0.4, -0.2) is 39.0 Å². The first-order chi connectivity index (χ1) is 13.1. The Morgan fingerprint density at radius 2 is 1.96 bits per heavy atom. The largest absolute Gasteiger partial charge is 0.477 e. The number of halogens is 1. The lowest BCUT2D eigenvalue weighted by Gasteiger charge is -2.07. The summed E-state index contributed by atoms with van der Waals surface area (Å²) in [6.45, 7) is 4.74. The van der Waals surface area contributed by atoms with Gasteiger partial charge < -0.3 is 10.1 Å². The van der Waals surface area contributed by atoms with E-state index < -0.39 is 0 Å². The summed E-state index contributed by atoms with van der Waals surface area (Å²) in [6, 6.07) is 11.0. The lowest BCUT2D eigenvalue weighted by atomic mass is 10.1. The molecule has 0 aliphatic carbocycles. The summed E-state index contributed by atoms with van der Waals surface area (Å²) < 4.78 is 6.86. The molecule has 8 heteroatoms. The first kappa shape index (κ1) is 18.8. The predicted octanol–water partition coefficient (Wildman–Crippen LogP) is 3.00. The van der Waals surface area contributed by atoms with Crippen molar-refractivity contribution in [2.24, 2.45) is 0 Å². The average molecular weight is 386 g/mol. The van der Waals surface area contributed by atoms with Gasteiger partial charge in [-0.1, -0.05) is 23.7 Å². The van der Waals surface area contributed by atoms with Crippen LogP contribution < -0.4 is 10.1 Å². The number of carbonyl (C=O) groups excluding carboxylic acids is 1. The van der Waals surface area contributed by atoms with Crippen LogP contribution in [0.15, 0.2) is 42.6 Å². The SMILES string of the molecule is CCOc1ccc(-n2ncc(C(=O)NCCc3ccc(Cl)cc3)c2C)nn1. The summed E-state index contributed by atoms with van der Waals surface area (Å²) in [4.78, 5) is 12.5. The van der Waals surface area contributed by atoms with Crippen molar-refractivity contribution in [2.75, 3.05) is 13.2 Å². The van der Waals surface area contributed by atoms with Crippen molar-refractivity contribution in [3.8, 4) is 11.7 Å². The van der Waals surface area contributed by atoms with Gasteiger partial charge in [0.1, 0.15) is 0 Å². The molecule has 0 aliphatic rings. The number of carbonyl (C=O) groups is 1. The van der Waals surface area contributed by atoms with E-state index in [0.29, 0.717) is 41.1 Å². The first-order valence-electron chi connectivity index (χ1n) is 8.62. The summed E-state index contributed by atoms with van der Waals surface area (Å²) in [5.74, 6) is 0.800. The lowest BCUT2D eigenvalue weighted by Crippen LogP contribution is -2.26. The van der Waals surface area contributed by atoms with E-state index in [1.165, 1.54) is 6.20 Å². The fraction of sp³-hybridized carbons (Fsp3) is 0.263. The monoisotopic (exact) mass is 385 g/mol. The fourth-order valence-electron chi connectivity index (χ4n) is 2.58. The van der Waals surface area contributed by atoms with Crippen molar-refractivity contribution in [1.82, 2.24) is 25.3 Å². The molecule has 7 nitrogen and oxygen atoms in total. The fourth-order valence-corrected chi connectivity index (χ4v) is 2.71. The molecule has 0 fully saturated rings. The zero-order valence-electron chi connectivity index (χ0n) is 15.1. The molecule has 1 amide bonds. The van der Waals surface area contributed by atoms with E-state index in [4.69, 9.17) is 16.3 Å². The summed E-state index contributed by atoms with van der Waals surface area (Å²) >= 11 is 5.88. The van der Waals surface area contributed by atoms with Gasteiger partial charge in [0.05, 0.1) is 24.1 Å². The molecule has 3 rings (SSSR count). The Morgan fingerprint density at radius 1 is 1.19 bits per heavy atom. The normalized spacial score (nSPS) is 10.6. The third kappa shape index (κ3) is 4.62. The summed E-state index contributed by atoms with van der Waals surface area (Å²) in [7, 11) is 0. The van der Waals surface area contributed by atoms with Crippen LogP contribution in [0.4, 0.5) is 0 Å². The lowest BCUT2D eigenvalue weighted by molar-refractivity contribution is 0.0953. The standard InChI is InChI=1S/C19H20ClN5O2/c1-3-27-18-9-8-17(23-24-18)25-13(2)16(12-22-25)19(26)21-11-10-14-4-6-15(20)7-5-14/h4-9,12H,3,10-11H2,1-2H3,(H,21,26). The number of benzene rings is 1. The average Bonchev–Trinajstić information content (AvgIpc) is 3.06. The minimum Gasteiger partial charge on any atom is -0.477 e. The van der Waals surface area contributed by atoms with E-state index >= 15 is 0 Å². The highest BCUT2D eigenvalue weighted by atomic mass is 35.5. The molecule has 0 unspecified atom stereocenters. The molecular weight excluding hydrogens is 366 g/mol. The van der Waals surface area contributed by atoms with Gasteiger partial charge in [0.25, 0.3) is 5.91 Å². The molecule has 0 radical (unpaired) electrons. The van der Waals surface area contributed by atoms with E-state index in [1.807, 2.05) is 38.1 Å². The molecule has 0 atom stereocenters. The van der Waals surface area contributed by atoms with Crippen LogP contribution in [0.2, 0.25) is 5.02 Å². The Morgan fingerprint density at radius 3 is 2.63 bits per heavy atom. The second-order valence-corrected chi connectivity index (χ2v) is 6.29. The third-order valence-electron chi connectivity index (χ3n) is 4.00. The van der Waals surface area contributed by atoms with Crippen LogP contribution in [-0.2, 0) is 6.42 Å². The highest BCUT2D eigenvalue weighted by molar-refractivity contribution is 6.30. The van der Waals surface area contributed by atoms with Gasteiger partial charge in [0, 0.05) is 17.6 Å². The molecule has 27 heavy (non-hydrogen) atoms. The van der Waals surface area contributed by atoms with Crippen molar-refractivity contribution in [2.45, 2.75) is 20.3 Å². The van der Waals surface area contributed by atoms with Crippen molar-refractivity contribution < 1.29 is 9.53 Å². The summed E-state index contributed by atoms with van der Waals surface area (Å²) in [5.41, 5.74) is 2.30. The number of aromatic nitrogens is 4. The Kier molecular flexibility index (Phi) is 6.03. The van der Waals surface area contributed by atoms with E-state index in [2.05, 4.69) is 20.6 Å². The second-order valence-electron chi connectivity index (χ2n) is 5.85.